The summed E-state index contributed by atoms with van der Waals surface area (Å²) >= 11 is 1.71. The maximum Gasteiger partial charge on any atom is 0.212 e. The van der Waals surface area contributed by atoms with Crippen molar-refractivity contribution in [1.82, 2.24) is 4.98 Å². The molecule has 0 saturated heterocycles. The van der Waals surface area contributed by atoms with Gasteiger partial charge in [0.2, 0.25) is 7.28 Å². The molecule has 0 atom stereocenters. The first-order chi connectivity index (χ1) is 12.5. The predicted octanol–water partition coefficient (Wildman–Crippen LogP) is 6.02. The van der Waals surface area contributed by atoms with Gasteiger partial charge in [-0.1, -0.05) is 56.2 Å². The van der Waals surface area contributed by atoms with Gasteiger partial charge in [-0.2, -0.15) is 0 Å². The van der Waals surface area contributed by atoms with E-state index >= 15 is 0 Å². The molecule has 0 bridgehead atoms. The lowest BCUT2D eigenvalue weighted by Gasteiger charge is -2.12. The van der Waals surface area contributed by atoms with Crippen LogP contribution in [0.25, 0.3) is 5.57 Å². The van der Waals surface area contributed by atoms with E-state index in [2.05, 4.69) is 70.3 Å². The molecule has 2 nitrogen and oxygen atoms in total. The summed E-state index contributed by atoms with van der Waals surface area (Å²) < 4.78 is 0. The molecular formula is C22H26BN2S. The van der Waals surface area contributed by atoms with Crippen molar-refractivity contribution < 1.29 is 0 Å². The molecule has 4 heteroatoms. The number of hydrogen-bond donors (Lipinski definition) is 1. The smallest absolute Gasteiger partial charge is 0.212 e. The van der Waals surface area contributed by atoms with Crippen LogP contribution in [0.1, 0.15) is 51.2 Å². The van der Waals surface area contributed by atoms with Crippen LogP contribution in [-0.4, -0.2) is 12.3 Å². The Morgan fingerprint density at radius 3 is 2.73 bits per heavy atom. The molecule has 1 aliphatic rings. The van der Waals surface area contributed by atoms with Gasteiger partial charge in [-0.25, -0.2) is 4.98 Å². The van der Waals surface area contributed by atoms with Gasteiger partial charge in [0.25, 0.3) is 0 Å². The molecule has 0 unspecified atom stereocenters. The Labute approximate surface area is 162 Å². The van der Waals surface area contributed by atoms with Gasteiger partial charge in [0, 0.05) is 16.2 Å². The minimum atomic E-state index is 0.892. The molecule has 0 amide bonds. The zero-order chi connectivity index (χ0) is 18.7. The Hall–Kier alpha value is -1.94. The van der Waals surface area contributed by atoms with Crippen molar-refractivity contribution in [2.24, 2.45) is 0 Å². The Morgan fingerprint density at radius 2 is 2.04 bits per heavy atom. The van der Waals surface area contributed by atoms with Crippen molar-refractivity contribution in [2.45, 2.75) is 51.9 Å². The van der Waals surface area contributed by atoms with Crippen LogP contribution in [0.15, 0.2) is 52.2 Å². The van der Waals surface area contributed by atoms with Gasteiger partial charge in [-0.3, -0.25) is 0 Å². The highest BCUT2D eigenvalue weighted by Crippen LogP contribution is 2.32. The van der Waals surface area contributed by atoms with Gasteiger partial charge in [-0.15, -0.1) is 0 Å². The van der Waals surface area contributed by atoms with E-state index in [1.807, 2.05) is 6.92 Å². The molecule has 1 aromatic carbocycles. The summed E-state index contributed by atoms with van der Waals surface area (Å²) in [6.45, 7) is 12.6. The molecule has 26 heavy (non-hydrogen) atoms. The molecule has 0 saturated carbocycles. The molecule has 1 N–H and O–H groups in total. The third kappa shape index (κ3) is 4.07. The number of anilines is 2. The summed E-state index contributed by atoms with van der Waals surface area (Å²) in [7, 11) is 2.26. The number of benzene rings is 1. The van der Waals surface area contributed by atoms with Crippen molar-refractivity contribution >= 4 is 41.7 Å². The molecule has 1 radical (unpaired) electrons. The predicted molar refractivity (Wildman–Crippen MR) is 117 cm³/mol. The van der Waals surface area contributed by atoms with Crippen LogP contribution < -0.4 is 10.9 Å². The Bertz CT molecular complexity index is 870. The van der Waals surface area contributed by atoms with Crippen LogP contribution in [0, 0.1) is 6.92 Å². The highest BCUT2D eigenvalue weighted by atomic mass is 32.2. The summed E-state index contributed by atoms with van der Waals surface area (Å²) in [6.07, 6.45) is 3.36. The summed E-state index contributed by atoms with van der Waals surface area (Å²) in [4.78, 5) is 7.19. The average molecular weight is 361 g/mol. The fourth-order valence-electron chi connectivity index (χ4n) is 3.37. The first kappa shape index (κ1) is 18.8. The second-order valence-corrected chi connectivity index (χ2v) is 8.13. The van der Waals surface area contributed by atoms with E-state index in [0.717, 1.165) is 34.8 Å². The lowest BCUT2D eigenvalue weighted by molar-refractivity contribution is 0.941. The minimum Gasteiger partial charge on any atom is -0.340 e. The zero-order valence-corrected chi connectivity index (χ0v) is 17.0. The maximum absolute atomic E-state index is 4.86. The van der Waals surface area contributed by atoms with Gasteiger partial charge in [0.05, 0.1) is 0 Å². The third-order valence-electron chi connectivity index (χ3n) is 4.57. The molecule has 1 aromatic heterocycles. The van der Waals surface area contributed by atoms with Crippen molar-refractivity contribution in [3.05, 3.63) is 58.4 Å². The van der Waals surface area contributed by atoms with Crippen molar-refractivity contribution in [3.63, 3.8) is 0 Å². The molecule has 133 valence electrons. The van der Waals surface area contributed by atoms with Crippen LogP contribution in [0.2, 0.25) is 0 Å². The number of nitrogens with one attached hydrogen (secondary N) is 1. The lowest BCUT2D eigenvalue weighted by Crippen LogP contribution is -2.19. The van der Waals surface area contributed by atoms with E-state index in [1.54, 1.807) is 11.8 Å². The highest BCUT2D eigenvalue weighted by Gasteiger charge is 2.22. The number of thioether (sulfide) groups is 1. The normalized spacial score (nSPS) is 12.8. The highest BCUT2D eigenvalue weighted by molar-refractivity contribution is 8.03. The third-order valence-corrected chi connectivity index (χ3v) is 5.57. The Morgan fingerprint density at radius 1 is 1.23 bits per heavy atom. The number of allylic oxidation sites excluding steroid dienone is 3. The van der Waals surface area contributed by atoms with Crippen molar-refractivity contribution in [3.8, 4) is 0 Å². The summed E-state index contributed by atoms with van der Waals surface area (Å²) in [5.74, 6) is 0.892. The van der Waals surface area contributed by atoms with E-state index in [-0.39, 0.29) is 0 Å². The zero-order valence-electron chi connectivity index (χ0n) is 16.1. The Kier molecular flexibility index (Phi) is 5.92. The van der Waals surface area contributed by atoms with Crippen molar-refractivity contribution in [1.29, 1.82) is 0 Å². The fraction of sp³-hybridized carbons (Fsp3) is 0.318. The number of pyridine rings is 1. The summed E-state index contributed by atoms with van der Waals surface area (Å²) in [5, 5.41) is 3.46. The van der Waals surface area contributed by atoms with Gasteiger partial charge < -0.3 is 5.32 Å². The molecule has 2 aromatic rings. The minimum absolute atomic E-state index is 0.892. The van der Waals surface area contributed by atoms with E-state index in [9.17, 15) is 0 Å². The van der Waals surface area contributed by atoms with Gasteiger partial charge in [-0.05, 0) is 66.5 Å². The van der Waals surface area contributed by atoms with Crippen LogP contribution >= 0.6 is 11.8 Å². The SMILES string of the molecule is C=C(C)Sc1cc(Nc2ccc3c(n2)[B]C(CCC)=C3CC)ccc1C. The van der Waals surface area contributed by atoms with E-state index in [4.69, 9.17) is 4.98 Å². The fourth-order valence-corrected chi connectivity index (χ4v) is 4.16. The van der Waals surface area contributed by atoms with Crippen LogP contribution in [0.3, 0.4) is 0 Å². The van der Waals surface area contributed by atoms with E-state index in [1.165, 1.54) is 33.5 Å². The molecular weight excluding hydrogens is 335 g/mol. The van der Waals surface area contributed by atoms with Crippen LogP contribution in [0.4, 0.5) is 11.5 Å². The monoisotopic (exact) mass is 361 g/mol. The standard InChI is InChI=1S/C22H26BN2S/c1-6-8-19-17(7-2)18-11-12-21(25-22(18)23-19)24-16-10-9-15(5)20(13-16)26-14(3)4/h9-13H,3,6-8H2,1-2,4-5H3,(H,24,25). The summed E-state index contributed by atoms with van der Waals surface area (Å²) in [6, 6.07) is 10.7. The first-order valence-electron chi connectivity index (χ1n) is 9.31. The maximum atomic E-state index is 4.86. The number of hydrogen-bond acceptors (Lipinski definition) is 3. The molecule has 3 rings (SSSR count). The topological polar surface area (TPSA) is 24.9 Å². The van der Waals surface area contributed by atoms with Gasteiger partial charge >= 0.3 is 0 Å². The molecule has 0 aliphatic carbocycles. The first-order valence-corrected chi connectivity index (χ1v) is 10.1. The number of aryl methyl sites for hydroxylation is 1. The second-order valence-electron chi connectivity index (χ2n) is 6.79. The largest absolute Gasteiger partial charge is 0.340 e. The van der Waals surface area contributed by atoms with E-state index < -0.39 is 0 Å². The van der Waals surface area contributed by atoms with Gasteiger partial charge in [0.15, 0.2) is 0 Å². The molecule has 0 spiro atoms. The quantitative estimate of drug-likeness (QED) is 0.482. The van der Waals surface area contributed by atoms with Gasteiger partial charge in [0.1, 0.15) is 5.82 Å². The number of nitrogens with zero attached hydrogens (tertiary/aromatic N) is 1. The summed E-state index contributed by atoms with van der Waals surface area (Å²) in [5.41, 5.74) is 7.62. The molecule has 1 aliphatic heterocycles. The second kappa shape index (κ2) is 8.17. The number of aromatic nitrogens is 1. The average Bonchev–Trinajstić information content (AvgIpc) is 2.94. The van der Waals surface area contributed by atoms with Crippen molar-refractivity contribution in [2.75, 3.05) is 5.32 Å². The number of fused-ring (bicyclic) bond motifs is 1. The number of rotatable bonds is 7. The van der Waals surface area contributed by atoms with Crippen LogP contribution in [-0.2, 0) is 0 Å². The van der Waals surface area contributed by atoms with E-state index in [0.29, 0.717) is 0 Å². The van der Waals surface area contributed by atoms with Crippen LogP contribution in [0.5, 0.6) is 0 Å². The lowest BCUT2D eigenvalue weighted by atomic mass is 9.67. The Balaban J connectivity index is 1.82. The molecule has 0 fully saturated rings. The molecule has 2 heterocycles.